The number of aromatic nitrogens is 1. The fourth-order valence-electron chi connectivity index (χ4n) is 2.60. The molecule has 0 aliphatic carbocycles. The molecule has 8 nitrogen and oxygen atoms in total. The van der Waals surface area contributed by atoms with Crippen molar-refractivity contribution >= 4 is 28.8 Å². The molecule has 1 aromatic heterocycles. The molecule has 1 saturated heterocycles. The lowest BCUT2D eigenvalue weighted by Crippen LogP contribution is -2.36. The van der Waals surface area contributed by atoms with E-state index in [1.54, 1.807) is 30.3 Å². The van der Waals surface area contributed by atoms with Crippen LogP contribution in [-0.2, 0) is 4.74 Å². The van der Waals surface area contributed by atoms with E-state index in [1.165, 1.54) is 13.0 Å². The van der Waals surface area contributed by atoms with Crippen LogP contribution in [0.4, 0.5) is 23.0 Å². The number of hydrogen-bond donors (Lipinski definition) is 1. The van der Waals surface area contributed by atoms with Gasteiger partial charge in [-0.25, -0.2) is 4.98 Å². The van der Waals surface area contributed by atoms with E-state index in [9.17, 15) is 14.9 Å². The number of nitro groups is 1. The number of rotatable bonds is 5. The summed E-state index contributed by atoms with van der Waals surface area (Å²) in [5, 5.41) is 14.3. The lowest BCUT2D eigenvalue weighted by molar-refractivity contribution is -0.384. The van der Waals surface area contributed by atoms with Crippen LogP contribution in [0.25, 0.3) is 0 Å². The van der Waals surface area contributed by atoms with Gasteiger partial charge in [0.1, 0.15) is 5.82 Å². The number of carbonyl (C=O) groups is 1. The van der Waals surface area contributed by atoms with Gasteiger partial charge in [-0.1, -0.05) is 12.1 Å². The lowest BCUT2D eigenvalue weighted by Gasteiger charge is -2.28. The standard InChI is InChI=1S/C17H18N4O4/c1-12(22)13-3-2-4-14(11-13)18-17-15(21(23)24)5-6-16(19-17)20-7-9-25-10-8-20/h2-6,11H,7-10H2,1H3,(H,18,19). The summed E-state index contributed by atoms with van der Waals surface area (Å²) >= 11 is 0. The van der Waals surface area contributed by atoms with Gasteiger partial charge >= 0.3 is 5.69 Å². The highest BCUT2D eigenvalue weighted by atomic mass is 16.6. The first-order valence-electron chi connectivity index (χ1n) is 7.91. The van der Waals surface area contributed by atoms with Crippen LogP contribution in [0.15, 0.2) is 36.4 Å². The van der Waals surface area contributed by atoms with E-state index in [2.05, 4.69) is 10.3 Å². The fourth-order valence-corrected chi connectivity index (χ4v) is 2.60. The van der Waals surface area contributed by atoms with Gasteiger partial charge in [0, 0.05) is 30.4 Å². The highest BCUT2D eigenvalue weighted by molar-refractivity contribution is 5.95. The quantitative estimate of drug-likeness (QED) is 0.507. The van der Waals surface area contributed by atoms with Gasteiger partial charge in [0.15, 0.2) is 5.78 Å². The Hall–Kier alpha value is -3.00. The van der Waals surface area contributed by atoms with Crippen molar-refractivity contribution in [2.75, 3.05) is 36.5 Å². The number of ketones is 1. The highest BCUT2D eigenvalue weighted by Crippen LogP contribution is 2.29. The number of nitrogens with zero attached hydrogens (tertiary/aromatic N) is 3. The van der Waals surface area contributed by atoms with Gasteiger partial charge in [0.05, 0.1) is 18.1 Å². The summed E-state index contributed by atoms with van der Waals surface area (Å²) in [6.45, 7) is 4.04. The number of benzene rings is 1. The Balaban J connectivity index is 1.93. The van der Waals surface area contributed by atoms with Crippen molar-refractivity contribution in [1.82, 2.24) is 4.98 Å². The summed E-state index contributed by atoms with van der Waals surface area (Å²) in [7, 11) is 0. The van der Waals surface area contributed by atoms with Crippen molar-refractivity contribution < 1.29 is 14.5 Å². The van der Waals surface area contributed by atoms with Crippen LogP contribution in [0.1, 0.15) is 17.3 Å². The number of anilines is 3. The van der Waals surface area contributed by atoms with Gasteiger partial charge in [-0.15, -0.1) is 0 Å². The molecule has 0 radical (unpaired) electrons. The summed E-state index contributed by atoms with van der Waals surface area (Å²) < 4.78 is 5.32. The van der Waals surface area contributed by atoms with E-state index in [4.69, 9.17) is 4.74 Å². The predicted molar refractivity (Wildman–Crippen MR) is 93.7 cm³/mol. The third-order valence-electron chi connectivity index (χ3n) is 3.92. The molecule has 1 aromatic carbocycles. The van der Waals surface area contributed by atoms with Crippen LogP contribution < -0.4 is 10.2 Å². The molecular weight excluding hydrogens is 324 g/mol. The first-order chi connectivity index (χ1) is 12.0. The molecule has 0 unspecified atom stereocenters. The topological polar surface area (TPSA) is 97.6 Å². The minimum Gasteiger partial charge on any atom is -0.378 e. The molecule has 2 heterocycles. The van der Waals surface area contributed by atoms with Crippen LogP contribution in [0.5, 0.6) is 0 Å². The van der Waals surface area contributed by atoms with Crippen molar-refractivity contribution in [1.29, 1.82) is 0 Å². The van der Waals surface area contributed by atoms with Gasteiger partial charge in [0.25, 0.3) is 0 Å². The molecule has 2 aromatic rings. The molecule has 1 N–H and O–H groups in total. The Labute approximate surface area is 144 Å². The van der Waals surface area contributed by atoms with E-state index < -0.39 is 4.92 Å². The second-order valence-electron chi connectivity index (χ2n) is 5.66. The van der Waals surface area contributed by atoms with Crippen molar-refractivity contribution in [3.05, 3.63) is 52.1 Å². The van der Waals surface area contributed by atoms with Gasteiger partial charge in [0.2, 0.25) is 5.82 Å². The zero-order valence-electron chi connectivity index (χ0n) is 13.8. The molecule has 8 heteroatoms. The SMILES string of the molecule is CC(=O)c1cccc(Nc2nc(N3CCOCC3)ccc2[N+](=O)[O-])c1. The van der Waals surface area contributed by atoms with Crippen molar-refractivity contribution in [2.24, 2.45) is 0 Å². The Bertz CT molecular complexity index is 803. The van der Waals surface area contributed by atoms with E-state index in [0.29, 0.717) is 43.4 Å². The van der Waals surface area contributed by atoms with E-state index in [1.807, 2.05) is 4.90 Å². The second-order valence-corrected chi connectivity index (χ2v) is 5.66. The van der Waals surface area contributed by atoms with E-state index in [-0.39, 0.29) is 17.3 Å². The van der Waals surface area contributed by atoms with Gasteiger partial charge < -0.3 is 15.0 Å². The molecule has 1 fully saturated rings. The highest BCUT2D eigenvalue weighted by Gasteiger charge is 2.20. The first kappa shape index (κ1) is 16.8. The Kier molecular flexibility index (Phi) is 4.90. The van der Waals surface area contributed by atoms with Crippen molar-refractivity contribution in [3.63, 3.8) is 0 Å². The maximum absolute atomic E-state index is 11.5. The van der Waals surface area contributed by atoms with E-state index in [0.717, 1.165) is 0 Å². The maximum Gasteiger partial charge on any atom is 0.311 e. The largest absolute Gasteiger partial charge is 0.378 e. The second kappa shape index (κ2) is 7.27. The van der Waals surface area contributed by atoms with Crippen LogP contribution in [0.3, 0.4) is 0 Å². The summed E-state index contributed by atoms with van der Waals surface area (Å²) in [6.07, 6.45) is 0. The number of morpholine rings is 1. The molecule has 0 bridgehead atoms. The number of Topliss-reactive ketones (excluding diaryl/α,β-unsaturated/α-hetero) is 1. The fraction of sp³-hybridized carbons (Fsp3) is 0.294. The van der Waals surface area contributed by atoms with Crippen molar-refractivity contribution in [2.45, 2.75) is 6.92 Å². The number of carbonyl (C=O) groups excluding carboxylic acids is 1. The third-order valence-corrected chi connectivity index (χ3v) is 3.92. The molecule has 0 atom stereocenters. The normalized spacial score (nSPS) is 14.2. The smallest absolute Gasteiger partial charge is 0.311 e. The average molecular weight is 342 g/mol. The summed E-state index contributed by atoms with van der Waals surface area (Å²) in [5.74, 6) is 0.724. The van der Waals surface area contributed by atoms with Crippen LogP contribution in [-0.4, -0.2) is 42.0 Å². The molecule has 1 aliphatic rings. The van der Waals surface area contributed by atoms with Gasteiger partial charge in [-0.05, 0) is 25.1 Å². The van der Waals surface area contributed by atoms with E-state index >= 15 is 0 Å². The summed E-state index contributed by atoms with van der Waals surface area (Å²) in [5.41, 5.74) is 0.977. The monoisotopic (exact) mass is 342 g/mol. The van der Waals surface area contributed by atoms with Crippen LogP contribution in [0.2, 0.25) is 0 Å². The number of nitrogens with one attached hydrogen (secondary N) is 1. The third kappa shape index (κ3) is 3.92. The van der Waals surface area contributed by atoms with Crippen LogP contribution >= 0.6 is 0 Å². The average Bonchev–Trinajstić information content (AvgIpc) is 2.62. The minimum atomic E-state index is -0.479. The van der Waals surface area contributed by atoms with Gasteiger partial charge in [-0.2, -0.15) is 0 Å². The van der Waals surface area contributed by atoms with Gasteiger partial charge in [-0.3, -0.25) is 14.9 Å². The Morgan fingerprint density at radius 2 is 2.04 bits per heavy atom. The Morgan fingerprint density at radius 3 is 2.72 bits per heavy atom. The number of pyridine rings is 1. The molecule has 1 aliphatic heterocycles. The molecule has 0 amide bonds. The van der Waals surface area contributed by atoms with Crippen LogP contribution in [0, 0.1) is 10.1 Å². The zero-order chi connectivity index (χ0) is 17.8. The number of ether oxygens (including phenoxy) is 1. The summed E-state index contributed by atoms with van der Waals surface area (Å²) in [6, 6.07) is 9.88. The zero-order valence-corrected chi connectivity index (χ0v) is 13.8. The molecule has 0 saturated carbocycles. The number of hydrogen-bond acceptors (Lipinski definition) is 7. The molecule has 3 rings (SSSR count). The van der Waals surface area contributed by atoms with Crippen molar-refractivity contribution in [3.8, 4) is 0 Å². The predicted octanol–water partition coefficient (Wildman–Crippen LogP) is 2.77. The summed E-state index contributed by atoms with van der Waals surface area (Å²) in [4.78, 5) is 28.8. The molecule has 0 spiro atoms. The minimum absolute atomic E-state index is 0.0758. The molecule has 25 heavy (non-hydrogen) atoms. The molecule has 130 valence electrons. The Morgan fingerprint density at radius 1 is 1.28 bits per heavy atom. The lowest BCUT2D eigenvalue weighted by atomic mass is 10.1. The first-order valence-corrected chi connectivity index (χ1v) is 7.91. The maximum atomic E-state index is 11.5. The molecular formula is C17H18N4O4.